The minimum atomic E-state index is -1.59. The maximum atomic E-state index is 11.5. The van der Waals surface area contributed by atoms with Gasteiger partial charge in [0.2, 0.25) is 0 Å². The van der Waals surface area contributed by atoms with Gasteiger partial charge in [-0.05, 0) is 0 Å². The van der Waals surface area contributed by atoms with Gasteiger partial charge in [-0.25, -0.2) is 0 Å². The minimum absolute atomic E-state index is 0.115. The quantitative estimate of drug-likeness (QED) is 0.659. The summed E-state index contributed by atoms with van der Waals surface area (Å²) in [5, 5.41) is 2.31. The Labute approximate surface area is 94.0 Å². The summed E-state index contributed by atoms with van der Waals surface area (Å²) in [6.07, 6.45) is 0. The van der Waals surface area contributed by atoms with Crippen molar-refractivity contribution in [1.29, 1.82) is 0 Å². The van der Waals surface area contributed by atoms with Crippen LogP contribution in [0.4, 0.5) is 0 Å². The van der Waals surface area contributed by atoms with Gasteiger partial charge in [-0.15, -0.1) is 0 Å². The molecule has 2 nitrogen and oxygen atoms in total. The molecular formula is C11H6HgO2. The molecule has 3 rings (SSSR count). The van der Waals surface area contributed by atoms with E-state index < -0.39 is 25.0 Å². The number of benzene rings is 2. The van der Waals surface area contributed by atoms with Crippen LogP contribution in [0.15, 0.2) is 36.4 Å². The number of rotatable bonds is 0. The van der Waals surface area contributed by atoms with E-state index in [1.807, 2.05) is 18.2 Å². The Bertz CT molecular complexity index is 529. The summed E-state index contributed by atoms with van der Waals surface area (Å²) in [5.74, 6) is -0.115. The summed E-state index contributed by atoms with van der Waals surface area (Å²) < 4.78 is 6.60. The van der Waals surface area contributed by atoms with E-state index in [1.165, 1.54) is 3.07 Å². The fourth-order valence-electron chi connectivity index (χ4n) is 1.93. The number of hydrogen-bond donors (Lipinski definition) is 0. The first-order valence-corrected chi connectivity index (χ1v) is 9.53. The van der Waals surface area contributed by atoms with Crippen LogP contribution in [0, 0.1) is 0 Å². The first kappa shape index (κ1) is 8.42. The Morgan fingerprint density at radius 1 is 1.07 bits per heavy atom. The molecule has 0 radical (unpaired) electrons. The van der Waals surface area contributed by atoms with E-state index in [1.54, 1.807) is 0 Å². The molecule has 0 N–H and O–H groups in total. The SMILES string of the molecule is O=C1[O][Hg][c]2cccc3cccc1c23. The second-order valence-electron chi connectivity index (χ2n) is 3.40. The molecule has 1 aliphatic heterocycles. The van der Waals surface area contributed by atoms with Crippen LogP contribution in [0.25, 0.3) is 10.8 Å². The zero-order valence-electron chi connectivity index (χ0n) is 7.49. The van der Waals surface area contributed by atoms with Crippen LogP contribution in [-0.4, -0.2) is 5.97 Å². The van der Waals surface area contributed by atoms with Gasteiger partial charge in [0.15, 0.2) is 0 Å². The molecule has 0 aliphatic carbocycles. The van der Waals surface area contributed by atoms with Crippen LogP contribution in [0.3, 0.4) is 0 Å². The molecular weight excluding hydrogens is 365 g/mol. The molecule has 1 heterocycles. The Balaban J connectivity index is 2.52. The number of carbonyl (C=O) groups is 1. The summed E-state index contributed by atoms with van der Waals surface area (Å²) in [6.45, 7) is 0. The number of hydrogen-bond acceptors (Lipinski definition) is 2. The zero-order chi connectivity index (χ0) is 9.54. The fraction of sp³-hybridized carbons (Fsp3) is 0. The average molecular weight is 371 g/mol. The second kappa shape index (κ2) is 3.06. The molecule has 0 spiro atoms. The van der Waals surface area contributed by atoms with Crippen LogP contribution < -0.4 is 3.07 Å². The fourth-order valence-corrected chi connectivity index (χ4v) is 6.65. The van der Waals surface area contributed by atoms with Gasteiger partial charge in [0.1, 0.15) is 0 Å². The second-order valence-corrected chi connectivity index (χ2v) is 8.60. The summed E-state index contributed by atoms with van der Waals surface area (Å²) in [7, 11) is 0. The molecule has 14 heavy (non-hydrogen) atoms. The van der Waals surface area contributed by atoms with E-state index in [4.69, 9.17) is 2.64 Å². The van der Waals surface area contributed by atoms with Crippen LogP contribution in [0.5, 0.6) is 0 Å². The first-order valence-electron chi connectivity index (χ1n) is 4.54. The van der Waals surface area contributed by atoms with E-state index >= 15 is 0 Å². The van der Waals surface area contributed by atoms with E-state index in [-0.39, 0.29) is 5.97 Å². The van der Waals surface area contributed by atoms with E-state index in [2.05, 4.69) is 18.2 Å². The zero-order valence-corrected chi connectivity index (χ0v) is 13.0. The van der Waals surface area contributed by atoms with Gasteiger partial charge in [0, 0.05) is 0 Å². The van der Waals surface area contributed by atoms with Crippen LogP contribution in [0.1, 0.15) is 10.4 Å². The maximum absolute atomic E-state index is 11.5. The third kappa shape index (κ3) is 1.10. The Kier molecular flexibility index (Phi) is 1.84. The third-order valence-electron chi connectivity index (χ3n) is 2.57. The molecule has 0 unspecified atom stereocenters. The van der Waals surface area contributed by atoms with Crippen molar-refractivity contribution in [3.05, 3.63) is 42.0 Å². The van der Waals surface area contributed by atoms with Gasteiger partial charge in [-0.1, -0.05) is 0 Å². The van der Waals surface area contributed by atoms with Gasteiger partial charge < -0.3 is 0 Å². The Morgan fingerprint density at radius 2 is 1.86 bits per heavy atom. The van der Waals surface area contributed by atoms with Crippen molar-refractivity contribution in [2.75, 3.05) is 0 Å². The topological polar surface area (TPSA) is 26.3 Å². The van der Waals surface area contributed by atoms with Gasteiger partial charge >= 0.3 is 94.2 Å². The first-order chi connectivity index (χ1) is 6.86. The van der Waals surface area contributed by atoms with Crippen molar-refractivity contribution in [3.63, 3.8) is 0 Å². The van der Waals surface area contributed by atoms with Crippen molar-refractivity contribution < 1.29 is 32.5 Å². The van der Waals surface area contributed by atoms with Crippen LogP contribution in [0.2, 0.25) is 0 Å². The van der Waals surface area contributed by atoms with Gasteiger partial charge in [-0.2, -0.15) is 0 Å². The van der Waals surface area contributed by atoms with Crippen molar-refractivity contribution >= 4 is 19.8 Å². The summed E-state index contributed by atoms with van der Waals surface area (Å²) in [5.41, 5.74) is 0.740. The molecule has 0 aromatic heterocycles. The molecule has 0 atom stereocenters. The molecule has 2 aromatic rings. The van der Waals surface area contributed by atoms with Crippen molar-refractivity contribution in [2.45, 2.75) is 0 Å². The molecule has 0 saturated carbocycles. The van der Waals surface area contributed by atoms with Crippen molar-refractivity contribution in [1.82, 2.24) is 0 Å². The molecule has 0 bridgehead atoms. The van der Waals surface area contributed by atoms with Crippen molar-refractivity contribution in [3.8, 4) is 0 Å². The van der Waals surface area contributed by atoms with E-state index in [9.17, 15) is 4.79 Å². The van der Waals surface area contributed by atoms with Crippen LogP contribution >= 0.6 is 0 Å². The van der Waals surface area contributed by atoms with Crippen LogP contribution in [-0.2, 0) is 27.7 Å². The Hall–Kier alpha value is -0.895. The molecule has 0 saturated heterocycles. The van der Waals surface area contributed by atoms with Gasteiger partial charge in [-0.3, -0.25) is 0 Å². The van der Waals surface area contributed by atoms with Crippen molar-refractivity contribution in [2.24, 2.45) is 0 Å². The predicted octanol–water partition coefficient (Wildman–Crippen LogP) is 1.63. The molecule has 1 aliphatic rings. The molecule has 64 valence electrons. The van der Waals surface area contributed by atoms with Gasteiger partial charge in [0.25, 0.3) is 0 Å². The normalized spacial score (nSPS) is 13.0. The standard InChI is InChI=1S/C11H7O2.Hg/c12-11(13)10-7-3-5-8-4-1-2-6-9(8)10;/h1-5,7H,(H,12,13);/q;+1/p-1. The molecule has 0 fully saturated rings. The summed E-state index contributed by atoms with van der Waals surface area (Å²) in [6, 6.07) is 12.0. The summed E-state index contributed by atoms with van der Waals surface area (Å²) >= 11 is -1.59. The van der Waals surface area contributed by atoms with E-state index in [0.29, 0.717) is 0 Å². The third-order valence-corrected chi connectivity index (χ3v) is 7.65. The molecule has 2 aromatic carbocycles. The number of carbonyl (C=O) groups excluding carboxylic acids is 1. The summed E-state index contributed by atoms with van der Waals surface area (Å²) in [4.78, 5) is 11.5. The molecule has 3 heteroatoms. The average Bonchev–Trinajstić information content (AvgIpc) is 2.24. The van der Waals surface area contributed by atoms with E-state index in [0.717, 1.165) is 16.3 Å². The van der Waals surface area contributed by atoms with Gasteiger partial charge in [0.05, 0.1) is 0 Å². The molecule has 0 amide bonds. The predicted molar refractivity (Wildman–Crippen MR) is 49.0 cm³/mol. The Morgan fingerprint density at radius 3 is 2.71 bits per heavy atom. The monoisotopic (exact) mass is 372 g/mol.